The standard InChI is InChI=1S/C19H22N4O7/c1-2-3-4-5-8-14(18(25)26)22-10-15(20-11-22)21-17(24)12-7-6-9-13(23(29)30)16(12)19(27)28/h6-7,9-11,14H,2-5,8H2,1H3,(H,21,24)(H,25,26)(H,27,28). The first kappa shape index (κ1) is 22.5. The Morgan fingerprint density at radius 1 is 1.23 bits per heavy atom. The largest absolute Gasteiger partial charge is 0.480 e. The molecule has 0 saturated heterocycles. The number of rotatable bonds is 11. The van der Waals surface area contributed by atoms with Crippen molar-refractivity contribution in [2.75, 3.05) is 5.32 Å². The molecule has 3 N–H and O–H groups in total. The van der Waals surface area contributed by atoms with Gasteiger partial charge in [0.25, 0.3) is 11.6 Å². The molecule has 0 fully saturated rings. The quantitative estimate of drug-likeness (QED) is 0.284. The number of hydrogen-bond donors (Lipinski definition) is 3. The first-order chi connectivity index (χ1) is 14.3. The van der Waals surface area contributed by atoms with Crippen LogP contribution in [0.2, 0.25) is 0 Å². The van der Waals surface area contributed by atoms with E-state index in [4.69, 9.17) is 0 Å². The summed E-state index contributed by atoms with van der Waals surface area (Å²) in [5, 5.41) is 32.2. The topological polar surface area (TPSA) is 165 Å². The number of benzene rings is 1. The smallest absolute Gasteiger partial charge is 0.343 e. The maximum Gasteiger partial charge on any atom is 0.343 e. The summed E-state index contributed by atoms with van der Waals surface area (Å²) < 4.78 is 1.36. The van der Waals surface area contributed by atoms with Crippen LogP contribution in [0.25, 0.3) is 0 Å². The molecule has 1 atom stereocenters. The number of nitro benzene ring substituents is 1. The van der Waals surface area contributed by atoms with Crippen LogP contribution in [0.3, 0.4) is 0 Å². The summed E-state index contributed by atoms with van der Waals surface area (Å²) in [6.07, 6.45) is 6.65. The molecule has 0 bridgehead atoms. The molecule has 1 amide bonds. The number of unbranched alkanes of at least 4 members (excludes halogenated alkanes) is 3. The van der Waals surface area contributed by atoms with Gasteiger partial charge in [-0.25, -0.2) is 14.6 Å². The van der Waals surface area contributed by atoms with Crippen LogP contribution in [0, 0.1) is 10.1 Å². The van der Waals surface area contributed by atoms with Gasteiger partial charge in [0.15, 0.2) is 5.82 Å². The number of carbonyl (C=O) groups is 3. The van der Waals surface area contributed by atoms with Crippen molar-refractivity contribution in [3.8, 4) is 0 Å². The van der Waals surface area contributed by atoms with Crippen LogP contribution in [0.15, 0.2) is 30.7 Å². The lowest BCUT2D eigenvalue weighted by atomic mass is 10.0. The predicted molar refractivity (Wildman–Crippen MR) is 106 cm³/mol. The van der Waals surface area contributed by atoms with Gasteiger partial charge in [0.2, 0.25) is 0 Å². The van der Waals surface area contributed by atoms with Crippen LogP contribution in [-0.4, -0.2) is 42.5 Å². The van der Waals surface area contributed by atoms with E-state index < -0.39 is 45.6 Å². The second-order valence-corrected chi connectivity index (χ2v) is 6.63. The number of nitrogens with one attached hydrogen (secondary N) is 1. The maximum absolute atomic E-state index is 12.5. The van der Waals surface area contributed by atoms with E-state index in [9.17, 15) is 34.7 Å². The van der Waals surface area contributed by atoms with Gasteiger partial charge >= 0.3 is 11.9 Å². The van der Waals surface area contributed by atoms with Crippen molar-refractivity contribution >= 4 is 29.4 Å². The second-order valence-electron chi connectivity index (χ2n) is 6.63. The number of aromatic nitrogens is 2. The van der Waals surface area contributed by atoms with Crippen molar-refractivity contribution in [3.05, 3.63) is 52.0 Å². The zero-order chi connectivity index (χ0) is 22.3. The SMILES string of the molecule is CCCCCCC(C(=O)O)n1cnc(NC(=O)c2cccc([N+](=O)[O-])c2C(=O)O)c1. The second kappa shape index (κ2) is 10.1. The average Bonchev–Trinajstić information content (AvgIpc) is 3.14. The number of carboxylic acids is 2. The maximum atomic E-state index is 12.5. The molecular weight excluding hydrogens is 396 g/mol. The monoisotopic (exact) mass is 418 g/mol. The molecule has 0 aliphatic carbocycles. The number of aromatic carboxylic acids is 1. The first-order valence-corrected chi connectivity index (χ1v) is 9.34. The Morgan fingerprint density at radius 2 is 1.97 bits per heavy atom. The van der Waals surface area contributed by atoms with Gasteiger partial charge in [-0.15, -0.1) is 0 Å². The molecule has 30 heavy (non-hydrogen) atoms. The summed E-state index contributed by atoms with van der Waals surface area (Å²) >= 11 is 0. The zero-order valence-corrected chi connectivity index (χ0v) is 16.3. The lowest BCUT2D eigenvalue weighted by molar-refractivity contribution is -0.385. The van der Waals surface area contributed by atoms with Crippen molar-refractivity contribution in [1.82, 2.24) is 9.55 Å². The van der Waals surface area contributed by atoms with Gasteiger partial charge in [-0.3, -0.25) is 14.9 Å². The molecule has 11 nitrogen and oxygen atoms in total. The van der Waals surface area contributed by atoms with E-state index in [1.54, 1.807) is 0 Å². The third kappa shape index (κ3) is 5.40. The summed E-state index contributed by atoms with van der Waals surface area (Å²) in [4.78, 5) is 49.7. The van der Waals surface area contributed by atoms with Gasteiger partial charge in [-0.2, -0.15) is 0 Å². The Kier molecular flexibility index (Phi) is 7.62. The third-order valence-electron chi connectivity index (χ3n) is 4.52. The molecule has 0 spiro atoms. The van der Waals surface area contributed by atoms with Crippen LogP contribution in [0.1, 0.15) is 65.8 Å². The number of nitrogens with zero attached hydrogens (tertiary/aromatic N) is 3. The van der Waals surface area contributed by atoms with Crippen LogP contribution in [-0.2, 0) is 4.79 Å². The molecule has 0 radical (unpaired) electrons. The number of aliphatic carboxylic acids is 1. The number of nitro groups is 1. The van der Waals surface area contributed by atoms with Gasteiger partial charge in [-0.05, 0) is 12.5 Å². The number of hydrogen-bond acceptors (Lipinski definition) is 6. The normalized spacial score (nSPS) is 11.6. The van der Waals surface area contributed by atoms with Crippen LogP contribution in [0.5, 0.6) is 0 Å². The summed E-state index contributed by atoms with van der Waals surface area (Å²) in [6, 6.07) is 2.49. The zero-order valence-electron chi connectivity index (χ0n) is 16.3. The van der Waals surface area contributed by atoms with Crippen LogP contribution < -0.4 is 5.32 Å². The molecule has 0 aliphatic heterocycles. The van der Waals surface area contributed by atoms with Crippen molar-refractivity contribution in [2.45, 2.75) is 45.1 Å². The Bertz CT molecular complexity index is 954. The van der Waals surface area contributed by atoms with E-state index in [1.165, 1.54) is 23.2 Å². The van der Waals surface area contributed by atoms with Gasteiger partial charge in [0.1, 0.15) is 11.6 Å². The molecule has 2 rings (SSSR count). The van der Waals surface area contributed by atoms with E-state index in [0.29, 0.717) is 6.42 Å². The highest BCUT2D eigenvalue weighted by Gasteiger charge is 2.27. The van der Waals surface area contributed by atoms with E-state index in [0.717, 1.165) is 37.8 Å². The average molecular weight is 418 g/mol. The Hall–Kier alpha value is -3.76. The van der Waals surface area contributed by atoms with Gasteiger partial charge in [-0.1, -0.05) is 38.7 Å². The number of carbonyl (C=O) groups excluding carboxylic acids is 1. The lowest BCUT2D eigenvalue weighted by Crippen LogP contribution is -2.19. The van der Waals surface area contributed by atoms with Gasteiger partial charge < -0.3 is 20.1 Å². The molecule has 1 unspecified atom stereocenters. The molecular formula is C19H22N4O7. The van der Waals surface area contributed by atoms with Gasteiger partial charge in [0.05, 0.1) is 16.8 Å². The number of anilines is 1. The molecule has 11 heteroatoms. The number of imidazole rings is 1. The van der Waals surface area contributed by atoms with E-state index in [1.807, 2.05) is 0 Å². The Labute approximate surface area is 171 Å². The highest BCUT2D eigenvalue weighted by molar-refractivity contribution is 6.12. The fourth-order valence-corrected chi connectivity index (χ4v) is 3.03. The fraction of sp³-hybridized carbons (Fsp3) is 0.368. The van der Waals surface area contributed by atoms with Crippen LogP contribution >= 0.6 is 0 Å². The minimum Gasteiger partial charge on any atom is -0.480 e. The van der Waals surface area contributed by atoms with Gasteiger partial charge in [0, 0.05) is 12.3 Å². The molecule has 0 aliphatic rings. The molecule has 1 heterocycles. The van der Waals surface area contributed by atoms with E-state index in [-0.39, 0.29) is 5.82 Å². The van der Waals surface area contributed by atoms with Crippen molar-refractivity contribution in [2.24, 2.45) is 0 Å². The van der Waals surface area contributed by atoms with E-state index >= 15 is 0 Å². The Balaban J connectivity index is 2.20. The fourth-order valence-electron chi connectivity index (χ4n) is 3.03. The van der Waals surface area contributed by atoms with Crippen molar-refractivity contribution < 1.29 is 29.5 Å². The number of carboxylic acid groups (broad SMARTS) is 2. The lowest BCUT2D eigenvalue weighted by Gasteiger charge is -2.13. The molecule has 0 saturated carbocycles. The summed E-state index contributed by atoms with van der Waals surface area (Å²) in [7, 11) is 0. The van der Waals surface area contributed by atoms with Crippen molar-refractivity contribution in [1.29, 1.82) is 0 Å². The highest BCUT2D eigenvalue weighted by Crippen LogP contribution is 2.24. The summed E-state index contributed by atoms with van der Waals surface area (Å²) in [6.45, 7) is 2.05. The highest BCUT2D eigenvalue weighted by atomic mass is 16.6. The predicted octanol–water partition coefficient (Wildman–Crippen LogP) is 3.34. The van der Waals surface area contributed by atoms with E-state index in [2.05, 4.69) is 17.2 Å². The molecule has 1 aromatic carbocycles. The van der Waals surface area contributed by atoms with Crippen molar-refractivity contribution in [3.63, 3.8) is 0 Å². The summed E-state index contributed by atoms with van der Waals surface area (Å²) in [5.74, 6) is -3.55. The summed E-state index contributed by atoms with van der Waals surface area (Å²) in [5.41, 5.74) is -1.85. The Morgan fingerprint density at radius 3 is 2.57 bits per heavy atom. The molecule has 160 valence electrons. The number of amides is 1. The minimum atomic E-state index is -1.61. The molecule has 2 aromatic rings. The minimum absolute atomic E-state index is 0.00246. The first-order valence-electron chi connectivity index (χ1n) is 9.34. The van der Waals surface area contributed by atoms with Crippen LogP contribution in [0.4, 0.5) is 11.5 Å². The third-order valence-corrected chi connectivity index (χ3v) is 4.52. The molecule has 1 aromatic heterocycles.